The van der Waals surface area contributed by atoms with Crippen LogP contribution in [0.1, 0.15) is 20.8 Å². The maximum Gasteiger partial charge on any atom is 0.356 e. The molecule has 3 rings (SSSR count). The molecular weight excluding hydrogens is 274 g/mol. The summed E-state index contributed by atoms with van der Waals surface area (Å²) in [5.74, 6) is -2.00. The van der Waals surface area contributed by atoms with Crippen molar-refractivity contribution >= 4 is 17.5 Å². The van der Waals surface area contributed by atoms with E-state index in [-0.39, 0.29) is 17.1 Å². The van der Waals surface area contributed by atoms with Crippen LogP contribution in [0.15, 0.2) is 42.7 Å². The van der Waals surface area contributed by atoms with Gasteiger partial charge in [0.15, 0.2) is 11.5 Å². The van der Waals surface area contributed by atoms with E-state index in [0.717, 1.165) is 0 Å². The molecule has 0 aliphatic heterocycles. The molecule has 0 aromatic carbocycles. The number of hydrogen-bond acceptors (Lipinski definition) is 4. The largest absolute Gasteiger partial charge is 0.478 e. The van der Waals surface area contributed by atoms with Crippen molar-refractivity contribution in [1.29, 1.82) is 0 Å². The number of rotatable bonds is 3. The van der Waals surface area contributed by atoms with Crippen molar-refractivity contribution in [3.05, 3.63) is 54.0 Å². The van der Waals surface area contributed by atoms with Gasteiger partial charge in [-0.15, -0.1) is 0 Å². The normalized spacial score (nSPS) is 10.7. The van der Waals surface area contributed by atoms with E-state index in [0.29, 0.717) is 11.2 Å². The lowest BCUT2D eigenvalue weighted by Crippen LogP contribution is -2.01. The number of nitrogens with zero attached hydrogens (tertiary/aromatic N) is 3. The number of pyridine rings is 2. The van der Waals surface area contributed by atoms with E-state index in [2.05, 4.69) is 9.97 Å². The van der Waals surface area contributed by atoms with Crippen LogP contribution in [0.3, 0.4) is 0 Å². The van der Waals surface area contributed by atoms with Crippen molar-refractivity contribution < 1.29 is 19.8 Å². The Bertz CT molecular complexity index is 855. The molecule has 0 amide bonds. The lowest BCUT2D eigenvalue weighted by atomic mass is 10.2. The molecule has 7 heteroatoms. The predicted molar refractivity (Wildman–Crippen MR) is 72.3 cm³/mol. The molecule has 3 heterocycles. The SMILES string of the molecule is O=C(O)c1ccc2c(C(=O)O)nc(-c3ccccn3)n2c1. The Balaban J connectivity index is 2.35. The van der Waals surface area contributed by atoms with Gasteiger partial charge in [-0.05, 0) is 24.3 Å². The highest BCUT2D eigenvalue weighted by Gasteiger charge is 2.19. The molecule has 0 aliphatic carbocycles. The number of carbonyl (C=O) groups is 2. The molecule has 0 aliphatic rings. The molecule has 0 saturated carbocycles. The second-order valence-corrected chi connectivity index (χ2v) is 4.28. The summed E-state index contributed by atoms with van der Waals surface area (Å²) in [6.45, 7) is 0. The number of carboxylic acid groups (broad SMARTS) is 2. The van der Waals surface area contributed by atoms with Crippen molar-refractivity contribution in [3.8, 4) is 11.5 Å². The molecule has 3 aromatic heterocycles. The Kier molecular flexibility index (Phi) is 2.87. The molecule has 0 spiro atoms. The molecule has 21 heavy (non-hydrogen) atoms. The number of aromatic nitrogens is 3. The highest BCUT2D eigenvalue weighted by Crippen LogP contribution is 2.22. The van der Waals surface area contributed by atoms with Gasteiger partial charge in [0.05, 0.1) is 11.1 Å². The molecule has 3 aromatic rings. The predicted octanol–water partition coefficient (Wildman–Crippen LogP) is 1.79. The molecule has 2 N–H and O–H groups in total. The minimum atomic E-state index is -1.18. The fraction of sp³-hybridized carbons (Fsp3) is 0. The Morgan fingerprint density at radius 3 is 2.48 bits per heavy atom. The zero-order valence-electron chi connectivity index (χ0n) is 10.6. The van der Waals surface area contributed by atoms with Gasteiger partial charge in [-0.25, -0.2) is 14.6 Å². The summed E-state index contributed by atoms with van der Waals surface area (Å²) in [5, 5.41) is 18.3. The first-order valence-electron chi connectivity index (χ1n) is 5.98. The smallest absolute Gasteiger partial charge is 0.356 e. The van der Waals surface area contributed by atoms with Gasteiger partial charge in [-0.3, -0.25) is 9.38 Å². The average molecular weight is 283 g/mol. The Hall–Kier alpha value is -3.22. The highest BCUT2D eigenvalue weighted by molar-refractivity contribution is 5.96. The number of aromatic carboxylic acids is 2. The summed E-state index contributed by atoms with van der Waals surface area (Å²) in [5.41, 5.74) is 0.664. The fourth-order valence-electron chi connectivity index (χ4n) is 2.05. The van der Waals surface area contributed by atoms with Crippen LogP contribution in [0.2, 0.25) is 0 Å². The minimum Gasteiger partial charge on any atom is -0.478 e. The number of fused-ring (bicyclic) bond motifs is 1. The van der Waals surface area contributed by atoms with E-state index < -0.39 is 11.9 Å². The Labute approximate surface area is 118 Å². The van der Waals surface area contributed by atoms with Crippen molar-refractivity contribution in [2.45, 2.75) is 0 Å². The molecule has 0 fully saturated rings. The van der Waals surface area contributed by atoms with E-state index in [4.69, 9.17) is 5.11 Å². The quantitative estimate of drug-likeness (QED) is 0.759. The van der Waals surface area contributed by atoms with Crippen LogP contribution >= 0.6 is 0 Å². The zero-order valence-corrected chi connectivity index (χ0v) is 10.6. The first-order chi connectivity index (χ1) is 10.1. The Morgan fingerprint density at radius 1 is 1.05 bits per heavy atom. The van der Waals surface area contributed by atoms with Crippen LogP contribution in [0.5, 0.6) is 0 Å². The van der Waals surface area contributed by atoms with Gasteiger partial charge in [-0.1, -0.05) is 6.07 Å². The third kappa shape index (κ3) is 2.10. The van der Waals surface area contributed by atoms with Crippen molar-refractivity contribution in [2.75, 3.05) is 0 Å². The third-order valence-electron chi connectivity index (χ3n) is 2.98. The highest BCUT2D eigenvalue weighted by atomic mass is 16.4. The second kappa shape index (κ2) is 4.71. The van der Waals surface area contributed by atoms with Gasteiger partial charge in [0, 0.05) is 12.4 Å². The maximum absolute atomic E-state index is 11.3. The number of hydrogen-bond donors (Lipinski definition) is 2. The summed E-state index contributed by atoms with van der Waals surface area (Å²) in [7, 11) is 0. The Morgan fingerprint density at radius 2 is 1.86 bits per heavy atom. The summed E-state index contributed by atoms with van der Waals surface area (Å²) in [6.07, 6.45) is 2.89. The molecule has 7 nitrogen and oxygen atoms in total. The average Bonchev–Trinajstić information content (AvgIpc) is 2.87. The molecule has 0 atom stereocenters. The van der Waals surface area contributed by atoms with Crippen LogP contribution in [-0.4, -0.2) is 36.5 Å². The van der Waals surface area contributed by atoms with E-state index >= 15 is 0 Å². The van der Waals surface area contributed by atoms with Crippen LogP contribution in [0.25, 0.3) is 17.0 Å². The third-order valence-corrected chi connectivity index (χ3v) is 2.98. The lowest BCUT2D eigenvalue weighted by molar-refractivity contribution is 0.0685. The first-order valence-corrected chi connectivity index (χ1v) is 5.98. The second-order valence-electron chi connectivity index (χ2n) is 4.28. The van der Waals surface area contributed by atoms with Crippen molar-refractivity contribution in [1.82, 2.24) is 14.4 Å². The van der Waals surface area contributed by atoms with Crippen LogP contribution in [-0.2, 0) is 0 Å². The van der Waals surface area contributed by atoms with Gasteiger partial charge in [0.1, 0.15) is 5.69 Å². The van der Waals surface area contributed by atoms with E-state index in [1.165, 1.54) is 22.7 Å². The summed E-state index contributed by atoms with van der Waals surface area (Å²) in [4.78, 5) is 30.5. The zero-order chi connectivity index (χ0) is 15.0. The van der Waals surface area contributed by atoms with Gasteiger partial charge >= 0.3 is 11.9 Å². The summed E-state index contributed by atoms with van der Waals surface area (Å²) >= 11 is 0. The van der Waals surface area contributed by atoms with Gasteiger partial charge < -0.3 is 10.2 Å². The number of carboxylic acids is 2. The van der Waals surface area contributed by atoms with Crippen LogP contribution in [0, 0.1) is 0 Å². The van der Waals surface area contributed by atoms with Crippen molar-refractivity contribution in [2.24, 2.45) is 0 Å². The van der Waals surface area contributed by atoms with Crippen LogP contribution < -0.4 is 0 Å². The molecule has 0 unspecified atom stereocenters. The number of imidazole rings is 1. The van der Waals surface area contributed by atoms with Crippen molar-refractivity contribution in [3.63, 3.8) is 0 Å². The molecule has 0 radical (unpaired) electrons. The lowest BCUT2D eigenvalue weighted by Gasteiger charge is -2.01. The summed E-state index contributed by atoms with van der Waals surface area (Å²) in [6, 6.07) is 7.90. The molecule has 0 bridgehead atoms. The van der Waals surface area contributed by atoms with Gasteiger partial charge in [-0.2, -0.15) is 0 Å². The maximum atomic E-state index is 11.3. The van der Waals surface area contributed by atoms with E-state index in [1.807, 2.05) is 0 Å². The van der Waals surface area contributed by atoms with E-state index in [1.54, 1.807) is 24.4 Å². The minimum absolute atomic E-state index is 0.0361. The molecule has 0 saturated heterocycles. The van der Waals surface area contributed by atoms with Crippen LogP contribution in [0.4, 0.5) is 0 Å². The summed E-state index contributed by atoms with van der Waals surface area (Å²) < 4.78 is 1.43. The first kappa shape index (κ1) is 12.8. The monoisotopic (exact) mass is 283 g/mol. The van der Waals surface area contributed by atoms with E-state index in [9.17, 15) is 14.7 Å². The molecular formula is C14H9N3O4. The molecule has 104 valence electrons. The topological polar surface area (TPSA) is 105 Å². The standard InChI is InChI=1S/C14H9N3O4/c18-13(19)8-4-5-10-11(14(20)21)16-12(17(10)7-8)9-3-1-2-6-15-9/h1-7H,(H,18,19)(H,20,21). The fourth-order valence-corrected chi connectivity index (χ4v) is 2.05. The van der Waals surface area contributed by atoms with Gasteiger partial charge in [0.25, 0.3) is 0 Å². The van der Waals surface area contributed by atoms with Gasteiger partial charge in [0.2, 0.25) is 0 Å².